The molecule has 0 radical (unpaired) electrons. The van der Waals surface area contributed by atoms with Gasteiger partial charge in [0.25, 0.3) is 10.0 Å². The highest BCUT2D eigenvalue weighted by atomic mass is 32.2. The van der Waals surface area contributed by atoms with E-state index in [9.17, 15) is 22.8 Å². The van der Waals surface area contributed by atoms with Gasteiger partial charge in [0, 0.05) is 5.69 Å². The predicted octanol–water partition coefficient (Wildman–Crippen LogP) is 3.41. The molecule has 10 nitrogen and oxygen atoms in total. The van der Waals surface area contributed by atoms with Crippen molar-refractivity contribution in [3.8, 4) is 5.75 Å². The number of benzene rings is 3. The molecule has 0 saturated heterocycles. The van der Waals surface area contributed by atoms with Crippen molar-refractivity contribution in [2.45, 2.75) is 11.8 Å². The average molecular weight is 527 g/mol. The molecule has 0 aliphatic heterocycles. The standard InChI is InChI=1S/C26H26N2O8S/c1-17-5-7-21(8-6-17)28(37(32,33)23-11-9-22(34-2)10-12-23)16-24(29)27-20-14-18(25(30)35-3)13-19(15-20)26(31)36-4/h5-15H,16H2,1-4H3,(H,27,29). The molecular formula is C26H26N2O8S. The molecule has 0 aromatic heterocycles. The second-order valence-electron chi connectivity index (χ2n) is 7.85. The Hall–Kier alpha value is -4.38. The van der Waals surface area contributed by atoms with E-state index in [0.717, 1.165) is 9.87 Å². The fourth-order valence-corrected chi connectivity index (χ4v) is 4.82. The molecule has 0 saturated carbocycles. The average Bonchev–Trinajstić information content (AvgIpc) is 2.91. The SMILES string of the molecule is COC(=O)c1cc(NC(=O)CN(c2ccc(C)cc2)S(=O)(=O)c2ccc(OC)cc2)cc(C(=O)OC)c1. The van der Waals surface area contributed by atoms with E-state index < -0.39 is 34.4 Å². The molecule has 0 heterocycles. The van der Waals surface area contributed by atoms with Gasteiger partial charge in [0.2, 0.25) is 5.91 Å². The molecule has 3 aromatic carbocycles. The quantitative estimate of drug-likeness (QED) is 0.420. The number of aryl methyl sites for hydroxylation is 1. The summed E-state index contributed by atoms with van der Waals surface area (Å²) in [7, 11) is -0.345. The smallest absolute Gasteiger partial charge is 0.337 e. The molecular weight excluding hydrogens is 500 g/mol. The third-order valence-electron chi connectivity index (χ3n) is 5.32. The van der Waals surface area contributed by atoms with Crippen molar-refractivity contribution in [1.82, 2.24) is 0 Å². The van der Waals surface area contributed by atoms with Gasteiger partial charge in [0.15, 0.2) is 0 Å². The number of nitrogens with zero attached hydrogens (tertiary/aromatic N) is 1. The van der Waals surface area contributed by atoms with Gasteiger partial charge in [0.05, 0.1) is 43.0 Å². The van der Waals surface area contributed by atoms with E-state index in [-0.39, 0.29) is 27.4 Å². The lowest BCUT2D eigenvalue weighted by Gasteiger charge is -2.24. The molecule has 3 aromatic rings. The van der Waals surface area contributed by atoms with Crippen molar-refractivity contribution < 1.29 is 37.0 Å². The van der Waals surface area contributed by atoms with Crippen LogP contribution in [0.25, 0.3) is 0 Å². The fraction of sp³-hybridized carbons (Fsp3) is 0.192. The summed E-state index contributed by atoms with van der Waals surface area (Å²) in [5.41, 5.74) is 1.27. The first kappa shape index (κ1) is 27.2. The van der Waals surface area contributed by atoms with Crippen molar-refractivity contribution in [3.05, 3.63) is 83.4 Å². The summed E-state index contributed by atoms with van der Waals surface area (Å²) in [4.78, 5) is 37.1. The van der Waals surface area contributed by atoms with Gasteiger partial charge >= 0.3 is 11.9 Å². The van der Waals surface area contributed by atoms with E-state index in [2.05, 4.69) is 5.32 Å². The van der Waals surface area contributed by atoms with Crippen LogP contribution in [-0.2, 0) is 24.3 Å². The lowest BCUT2D eigenvalue weighted by atomic mass is 10.1. The number of amides is 1. The topological polar surface area (TPSA) is 128 Å². The second-order valence-corrected chi connectivity index (χ2v) is 9.72. The predicted molar refractivity (Wildman–Crippen MR) is 136 cm³/mol. The maximum Gasteiger partial charge on any atom is 0.337 e. The van der Waals surface area contributed by atoms with Crippen LogP contribution in [0.3, 0.4) is 0 Å². The highest BCUT2D eigenvalue weighted by molar-refractivity contribution is 7.92. The summed E-state index contributed by atoms with van der Waals surface area (Å²) in [6, 6.07) is 16.3. The second kappa shape index (κ2) is 11.6. The minimum absolute atomic E-state index is 0.00180. The number of anilines is 2. The van der Waals surface area contributed by atoms with Gasteiger partial charge in [-0.25, -0.2) is 18.0 Å². The van der Waals surface area contributed by atoms with Crippen molar-refractivity contribution >= 4 is 39.2 Å². The molecule has 0 aliphatic rings. The molecule has 0 aliphatic carbocycles. The van der Waals surface area contributed by atoms with Gasteiger partial charge in [0.1, 0.15) is 12.3 Å². The van der Waals surface area contributed by atoms with Crippen LogP contribution in [0.5, 0.6) is 5.75 Å². The Labute approximate surface area is 214 Å². The molecule has 37 heavy (non-hydrogen) atoms. The van der Waals surface area contributed by atoms with Crippen LogP contribution in [0.4, 0.5) is 11.4 Å². The summed E-state index contributed by atoms with van der Waals surface area (Å²) < 4.78 is 42.6. The Morgan fingerprint density at radius 3 is 1.84 bits per heavy atom. The summed E-state index contributed by atoms with van der Waals surface area (Å²) in [6.45, 7) is 1.26. The van der Waals surface area contributed by atoms with E-state index in [1.807, 2.05) is 6.92 Å². The van der Waals surface area contributed by atoms with E-state index in [1.54, 1.807) is 24.3 Å². The van der Waals surface area contributed by atoms with Crippen LogP contribution in [0.2, 0.25) is 0 Å². The molecule has 11 heteroatoms. The van der Waals surface area contributed by atoms with Crippen molar-refractivity contribution in [1.29, 1.82) is 0 Å². The Balaban J connectivity index is 1.97. The van der Waals surface area contributed by atoms with Crippen LogP contribution in [-0.4, -0.2) is 54.1 Å². The van der Waals surface area contributed by atoms with Gasteiger partial charge < -0.3 is 19.5 Å². The summed E-state index contributed by atoms with van der Waals surface area (Å²) in [5, 5.41) is 2.55. The van der Waals surface area contributed by atoms with Gasteiger partial charge in [-0.3, -0.25) is 9.10 Å². The van der Waals surface area contributed by atoms with E-state index in [4.69, 9.17) is 14.2 Å². The Kier molecular flexibility index (Phi) is 8.51. The summed E-state index contributed by atoms with van der Waals surface area (Å²) >= 11 is 0. The van der Waals surface area contributed by atoms with Crippen LogP contribution < -0.4 is 14.4 Å². The van der Waals surface area contributed by atoms with Crippen LogP contribution in [0.1, 0.15) is 26.3 Å². The lowest BCUT2D eigenvalue weighted by Crippen LogP contribution is -2.38. The van der Waals surface area contributed by atoms with E-state index in [0.29, 0.717) is 5.75 Å². The molecule has 0 fully saturated rings. The Morgan fingerprint density at radius 2 is 1.35 bits per heavy atom. The summed E-state index contributed by atoms with van der Waals surface area (Å²) in [6.07, 6.45) is 0. The van der Waals surface area contributed by atoms with Gasteiger partial charge in [-0.15, -0.1) is 0 Å². The van der Waals surface area contributed by atoms with E-state index in [1.165, 1.54) is 63.8 Å². The molecule has 0 atom stereocenters. The van der Waals surface area contributed by atoms with E-state index >= 15 is 0 Å². The zero-order valence-electron chi connectivity index (χ0n) is 20.7. The highest BCUT2D eigenvalue weighted by Crippen LogP contribution is 2.26. The molecule has 0 spiro atoms. The Bertz CT molecular complexity index is 1370. The number of sulfonamides is 1. The number of carbonyl (C=O) groups excluding carboxylic acids is 3. The molecule has 194 valence electrons. The van der Waals surface area contributed by atoms with Gasteiger partial charge in [-0.05, 0) is 61.5 Å². The monoisotopic (exact) mass is 526 g/mol. The van der Waals surface area contributed by atoms with Gasteiger partial charge in [-0.2, -0.15) is 0 Å². The number of nitrogens with one attached hydrogen (secondary N) is 1. The number of esters is 2. The normalized spacial score (nSPS) is 10.8. The van der Waals surface area contributed by atoms with Crippen LogP contribution in [0.15, 0.2) is 71.6 Å². The minimum Gasteiger partial charge on any atom is -0.497 e. The fourth-order valence-electron chi connectivity index (χ4n) is 3.40. The third kappa shape index (κ3) is 6.44. The molecule has 1 N–H and O–H groups in total. The first-order chi connectivity index (χ1) is 17.6. The highest BCUT2D eigenvalue weighted by Gasteiger charge is 2.27. The van der Waals surface area contributed by atoms with Crippen LogP contribution in [0, 0.1) is 6.92 Å². The zero-order valence-corrected chi connectivity index (χ0v) is 21.5. The van der Waals surface area contributed by atoms with Crippen molar-refractivity contribution in [2.24, 2.45) is 0 Å². The number of ether oxygens (including phenoxy) is 3. The maximum atomic E-state index is 13.6. The number of rotatable bonds is 9. The van der Waals surface area contributed by atoms with Gasteiger partial charge in [-0.1, -0.05) is 17.7 Å². The maximum absolute atomic E-state index is 13.6. The largest absolute Gasteiger partial charge is 0.497 e. The van der Waals surface area contributed by atoms with Crippen LogP contribution >= 0.6 is 0 Å². The molecule has 3 rings (SSSR count). The number of carbonyl (C=O) groups is 3. The van der Waals surface area contributed by atoms with Crippen molar-refractivity contribution in [3.63, 3.8) is 0 Å². The molecule has 0 unspecified atom stereocenters. The number of hydrogen-bond donors (Lipinski definition) is 1. The van der Waals surface area contributed by atoms with Crippen molar-refractivity contribution in [2.75, 3.05) is 37.5 Å². The zero-order chi connectivity index (χ0) is 27.2. The third-order valence-corrected chi connectivity index (χ3v) is 7.10. The molecule has 0 bridgehead atoms. The number of methoxy groups -OCH3 is 3. The number of hydrogen-bond acceptors (Lipinski definition) is 8. The lowest BCUT2D eigenvalue weighted by molar-refractivity contribution is -0.114. The Morgan fingerprint density at radius 1 is 0.811 bits per heavy atom. The first-order valence-corrected chi connectivity index (χ1v) is 12.4. The summed E-state index contributed by atoms with van der Waals surface area (Å²) in [5.74, 6) is -1.70. The minimum atomic E-state index is -4.16. The molecule has 1 amide bonds. The first-order valence-electron chi connectivity index (χ1n) is 10.9.